The van der Waals surface area contributed by atoms with Crippen molar-refractivity contribution in [2.45, 2.75) is 51.0 Å². The van der Waals surface area contributed by atoms with E-state index in [-0.39, 0.29) is 0 Å². The van der Waals surface area contributed by atoms with Gasteiger partial charge in [0.05, 0.1) is 16.8 Å². The molecule has 3 heteroatoms. The zero-order valence-electron chi connectivity index (χ0n) is 11.5. The molecule has 102 valence electrons. The van der Waals surface area contributed by atoms with Crippen LogP contribution in [0.4, 0.5) is 5.69 Å². The van der Waals surface area contributed by atoms with E-state index in [9.17, 15) is 5.26 Å². The smallest absolute Gasteiger partial charge is 0.125 e. The second-order valence-electron chi connectivity index (χ2n) is 5.53. The first-order chi connectivity index (χ1) is 9.19. The second-order valence-corrected chi connectivity index (χ2v) is 5.94. The highest BCUT2D eigenvalue weighted by Crippen LogP contribution is 2.37. The van der Waals surface area contributed by atoms with E-state index in [0.717, 1.165) is 37.3 Å². The van der Waals surface area contributed by atoms with Crippen LogP contribution in [0, 0.1) is 17.2 Å². The fourth-order valence-electron chi connectivity index (χ4n) is 2.95. The Morgan fingerprint density at radius 2 is 2.05 bits per heavy atom. The molecule has 0 amide bonds. The van der Waals surface area contributed by atoms with Crippen LogP contribution in [0.1, 0.15) is 45.4 Å². The minimum Gasteiger partial charge on any atom is -0.366 e. The summed E-state index contributed by atoms with van der Waals surface area (Å²) < 4.78 is 0. The van der Waals surface area contributed by atoms with Gasteiger partial charge in [-0.25, -0.2) is 0 Å². The van der Waals surface area contributed by atoms with E-state index in [0.29, 0.717) is 5.02 Å². The molecule has 1 aliphatic rings. The molecule has 1 N–H and O–H groups in total. The van der Waals surface area contributed by atoms with Crippen LogP contribution in [0.3, 0.4) is 0 Å². The third kappa shape index (κ3) is 3.42. The van der Waals surface area contributed by atoms with Crippen molar-refractivity contribution in [3.05, 3.63) is 29.3 Å². The molecule has 0 saturated heterocycles. The molecule has 0 bridgehead atoms. The molecule has 1 aromatic carbocycles. The quantitative estimate of drug-likeness (QED) is 0.839. The Balaban J connectivity index is 2.05. The molecule has 19 heavy (non-hydrogen) atoms. The fourth-order valence-corrected chi connectivity index (χ4v) is 3.14. The van der Waals surface area contributed by atoms with Crippen LogP contribution in [-0.2, 0) is 0 Å². The van der Waals surface area contributed by atoms with Gasteiger partial charge in [0, 0.05) is 0 Å². The average Bonchev–Trinajstić information content (AvgIpc) is 2.44. The van der Waals surface area contributed by atoms with Crippen LogP contribution in [0.25, 0.3) is 0 Å². The Bertz CT molecular complexity index is 456. The maximum Gasteiger partial charge on any atom is 0.125 e. The molecule has 2 nitrogen and oxygen atoms in total. The van der Waals surface area contributed by atoms with E-state index in [4.69, 9.17) is 11.6 Å². The van der Waals surface area contributed by atoms with Crippen molar-refractivity contribution in [1.82, 2.24) is 0 Å². The van der Waals surface area contributed by atoms with E-state index in [2.05, 4.69) is 18.3 Å². The SMILES string of the molecule is CCCC1CCC(C#N)(Nc2ccccc2Cl)CC1. The molecule has 2 rings (SSSR count). The van der Waals surface area contributed by atoms with Gasteiger partial charge in [-0.2, -0.15) is 5.26 Å². The molecule has 1 saturated carbocycles. The topological polar surface area (TPSA) is 35.8 Å². The lowest BCUT2D eigenvalue weighted by molar-refractivity contribution is 0.282. The monoisotopic (exact) mass is 276 g/mol. The highest BCUT2D eigenvalue weighted by atomic mass is 35.5. The maximum absolute atomic E-state index is 9.55. The fraction of sp³-hybridized carbons (Fsp3) is 0.562. The predicted molar refractivity (Wildman–Crippen MR) is 80.3 cm³/mol. The van der Waals surface area contributed by atoms with Crippen molar-refractivity contribution in [3.63, 3.8) is 0 Å². The highest BCUT2D eigenvalue weighted by Gasteiger charge is 2.35. The standard InChI is InChI=1S/C16H21ClN2/c1-2-5-13-8-10-16(12-18,11-9-13)19-15-7-4-3-6-14(15)17/h3-4,6-7,13,19H,2,5,8-11H2,1H3. The van der Waals surface area contributed by atoms with Gasteiger partial charge in [0.2, 0.25) is 0 Å². The Morgan fingerprint density at radius 3 is 2.63 bits per heavy atom. The van der Waals surface area contributed by atoms with Crippen LogP contribution < -0.4 is 5.32 Å². The van der Waals surface area contributed by atoms with Crippen LogP contribution in [-0.4, -0.2) is 5.54 Å². The molecule has 0 aliphatic heterocycles. The first kappa shape index (κ1) is 14.2. The number of benzene rings is 1. The molecule has 0 spiro atoms. The van der Waals surface area contributed by atoms with Gasteiger partial charge in [-0.15, -0.1) is 0 Å². The lowest BCUT2D eigenvalue weighted by Crippen LogP contribution is -2.40. The third-order valence-electron chi connectivity index (χ3n) is 4.12. The number of nitriles is 1. The van der Waals surface area contributed by atoms with Gasteiger partial charge >= 0.3 is 0 Å². The number of para-hydroxylation sites is 1. The van der Waals surface area contributed by atoms with E-state index in [1.165, 1.54) is 12.8 Å². The first-order valence-electron chi connectivity index (χ1n) is 7.13. The van der Waals surface area contributed by atoms with Crippen molar-refractivity contribution in [1.29, 1.82) is 5.26 Å². The summed E-state index contributed by atoms with van der Waals surface area (Å²) >= 11 is 6.17. The molecule has 0 unspecified atom stereocenters. The van der Waals surface area contributed by atoms with Gasteiger partial charge in [-0.3, -0.25) is 0 Å². The molecule has 0 aromatic heterocycles. The summed E-state index contributed by atoms with van der Waals surface area (Å²) in [5, 5.41) is 13.6. The Morgan fingerprint density at radius 1 is 1.37 bits per heavy atom. The third-order valence-corrected chi connectivity index (χ3v) is 4.45. The van der Waals surface area contributed by atoms with Crippen molar-refractivity contribution < 1.29 is 0 Å². The van der Waals surface area contributed by atoms with E-state index in [1.807, 2.05) is 24.3 Å². The molecule has 0 radical (unpaired) electrons. The van der Waals surface area contributed by atoms with E-state index in [1.54, 1.807) is 0 Å². The number of hydrogen-bond donors (Lipinski definition) is 1. The lowest BCUT2D eigenvalue weighted by atomic mass is 9.75. The number of nitrogens with one attached hydrogen (secondary N) is 1. The molecule has 0 heterocycles. The van der Waals surface area contributed by atoms with Crippen LogP contribution >= 0.6 is 11.6 Å². The summed E-state index contributed by atoms with van der Waals surface area (Å²) in [5.41, 5.74) is 0.439. The number of nitrogens with zero attached hydrogens (tertiary/aromatic N) is 1. The van der Waals surface area contributed by atoms with Gasteiger partial charge in [-0.05, 0) is 43.7 Å². The molecule has 1 aliphatic carbocycles. The van der Waals surface area contributed by atoms with Crippen molar-refractivity contribution >= 4 is 17.3 Å². The van der Waals surface area contributed by atoms with Crippen molar-refractivity contribution in [2.75, 3.05) is 5.32 Å². The maximum atomic E-state index is 9.55. The van der Waals surface area contributed by atoms with Crippen LogP contribution in [0.15, 0.2) is 24.3 Å². The molecular formula is C16H21ClN2. The molecular weight excluding hydrogens is 256 g/mol. The highest BCUT2D eigenvalue weighted by molar-refractivity contribution is 6.33. The molecule has 1 aromatic rings. The number of anilines is 1. The Kier molecular flexibility index (Phi) is 4.71. The summed E-state index contributed by atoms with van der Waals surface area (Å²) in [6, 6.07) is 10.1. The van der Waals surface area contributed by atoms with Gasteiger partial charge in [0.25, 0.3) is 0 Å². The van der Waals surface area contributed by atoms with E-state index >= 15 is 0 Å². The minimum atomic E-state index is -0.435. The average molecular weight is 277 g/mol. The zero-order valence-corrected chi connectivity index (χ0v) is 12.2. The van der Waals surface area contributed by atoms with Gasteiger partial charge < -0.3 is 5.32 Å². The second kappa shape index (κ2) is 6.30. The zero-order chi connectivity index (χ0) is 13.7. The van der Waals surface area contributed by atoms with Crippen LogP contribution in [0.5, 0.6) is 0 Å². The summed E-state index contributed by atoms with van der Waals surface area (Å²) in [6.07, 6.45) is 6.63. The molecule has 1 fully saturated rings. The summed E-state index contributed by atoms with van der Waals surface area (Å²) in [5.74, 6) is 0.791. The normalized spacial score (nSPS) is 26.7. The van der Waals surface area contributed by atoms with Crippen molar-refractivity contribution in [3.8, 4) is 6.07 Å². The largest absolute Gasteiger partial charge is 0.366 e. The Hall–Kier alpha value is -1.20. The van der Waals surface area contributed by atoms with Gasteiger partial charge in [-0.1, -0.05) is 43.5 Å². The summed E-state index contributed by atoms with van der Waals surface area (Å²) in [6.45, 7) is 2.23. The first-order valence-corrected chi connectivity index (χ1v) is 7.51. The predicted octanol–water partition coefficient (Wildman–Crippen LogP) is 5.00. The summed E-state index contributed by atoms with van der Waals surface area (Å²) in [4.78, 5) is 0. The number of halogens is 1. The van der Waals surface area contributed by atoms with Crippen LogP contribution in [0.2, 0.25) is 5.02 Å². The number of hydrogen-bond acceptors (Lipinski definition) is 2. The lowest BCUT2D eigenvalue weighted by Gasteiger charge is -2.36. The van der Waals surface area contributed by atoms with Gasteiger partial charge in [0.1, 0.15) is 5.54 Å². The molecule has 0 atom stereocenters. The summed E-state index contributed by atoms with van der Waals surface area (Å²) in [7, 11) is 0. The minimum absolute atomic E-state index is 0.435. The van der Waals surface area contributed by atoms with Gasteiger partial charge in [0.15, 0.2) is 0 Å². The Labute approximate surface area is 120 Å². The number of rotatable bonds is 4. The van der Waals surface area contributed by atoms with E-state index < -0.39 is 5.54 Å². The van der Waals surface area contributed by atoms with Crippen molar-refractivity contribution in [2.24, 2.45) is 5.92 Å².